The Morgan fingerprint density at radius 1 is 1.18 bits per heavy atom. The Balaban J connectivity index is 1.60. The maximum atomic E-state index is 13.2. The summed E-state index contributed by atoms with van der Waals surface area (Å²) >= 11 is 0. The molecule has 8 nitrogen and oxygen atoms in total. The van der Waals surface area contributed by atoms with Gasteiger partial charge in [-0.2, -0.15) is 0 Å². The number of aryl methyl sites for hydroxylation is 1. The summed E-state index contributed by atoms with van der Waals surface area (Å²) in [5, 5.41) is 2.99. The van der Waals surface area contributed by atoms with E-state index in [0.717, 1.165) is 24.2 Å². The molecule has 2 heterocycles. The van der Waals surface area contributed by atoms with Gasteiger partial charge in [-0.15, -0.1) is 0 Å². The maximum Gasteiger partial charge on any atom is 0.339 e. The van der Waals surface area contributed by atoms with E-state index in [9.17, 15) is 14.4 Å². The van der Waals surface area contributed by atoms with Crippen LogP contribution in [0, 0.1) is 19.8 Å². The second-order valence-electron chi connectivity index (χ2n) is 8.74. The van der Waals surface area contributed by atoms with Crippen molar-refractivity contribution < 1.29 is 23.9 Å². The Labute approximate surface area is 194 Å². The zero-order chi connectivity index (χ0) is 24.1. The molecule has 0 bridgehead atoms. The van der Waals surface area contributed by atoms with Crippen molar-refractivity contribution >= 4 is 17.8 Å². The van der Waals surface area contributed by atoms with Crippen LogP contribution in [0.25, 0.3) is 0 Å². The molecule has 0 spiro atoms. The van der Waals surface area contributed by atoms with Gasteiger partial charge in [0.15, 0.2) is 0 Å². The molecule has 0 radical (unpaired) electrons. The van der Waals surface area contributed by atoms with Crippen LogP contribution in [0.15, 0.2) is 24.3 Å². The molecule has 3 rings (SSSR count). The highest BCUT2D eigenvalue weighted by Crippen LogP contribution is 2.24. The number of esters is 1. The lowest BCUT2D eigenvalue weighted by Gasteiger charge is -2.32. The second kappa shape index (κ2) is 10.6. The predicted molar refractivity (Wildman–Crippen MR) is 124 cm³/mol. The average Bonchev–Trinajstić information content (AvgIpc) is 3.10. The second-order valence-corrected chi connectivity index (χ2v) is 8.74. The first-order chi connectivity index (χ1) is 15.7. The summed E-state index contributed by atoms with van der Waals surface area (Å²) in [6.07, 6.45) is 1.58. The number of carbonyl (C=O) groups excluding carboxylic acids is 3. The van der Waals surface area contributed by atoms with E-state index < -0.39 is 5.97 Å². The number of benzene rings is 1. The van der Waals surface area contributed by atoms with E-state index in [1.165, 1.54) is 7.11 Å². The van der Waals surface area contributed by atoms with Gasteiger partial charge in [0.05, 0.1) is 24.7 Å². The summed E-state index contributed by atoms with van der Waals surface area (Å²) in [6, 6.07) is 7.66. The molecule has 0 aliphatic carbocycles. The molecular weight excluding hydrogens is 422 g/mol. The zero-order valence-electron chi connectivity index (χ0n) is 20.0. The van der Waals surface area contributed by atoms with Crippen LogP contribution in [0.3, 0.4) is 0 Å². The van der Waals surface area contributed by atoms with Crippen molar-refractivity contribution in [2.24, 2.45) is 5.92 Å². The Kier molecular flexibility index (Phi) is 7.79. The van der Waals surface area contributed by atoms with E-state index in [1.807, 2.05) is 38.1 Å². The Morgan fingerprint density at radius 3 is 2.52 bits per heavy atom. The number of nitrogens with zero attached hydrogens (tertiary/aromatic N) is 1. The van der Waals surface area contributed by atoms with Crippen molar-refractivity contribution in [1.29, 1.82) is 0 Å². The van der Waals surface area contributed by atoms with Gasteiger partial charge in [0, 0.05) is 25.3 Å². The molecule has 1 aromatic carbocycles. The topological polar surface area (TPSA) is 101 Å². The van der Waals surface area contributed by atoms with E-state index >= 15 is 0 Å². The summed E-state index contributed by atoms with van der Waals surface area (Å²) in [7, 11) is 1.32. The normalized spacial score (nSPS) is 15.9. The van der Waals surface area contributed by atoms with Crippen molar-refractivity contribution in [3.05, 3.63) is 52.3 Å². The molecule has 2 aromatic rings. The molecule has 178 valence electrons. The first-order valence-electron chi connectivity index (χ1n) is 11.3. The van der Waals surface area contributed by atoms with E-state index in [0.29, 0.717) is 42.1 Å². The van der Waals surface area contributed by atoms with Crippen molar-refractivity contribution in [2.45, 2.75) is 53.2 Å². The number of aromatic amines is 1. The fourth-order valence-corrected chi connectivity index (χ4v) is 4.20. The molecule has 1 aromatic heterocycles. The quantitative estimate of drug-likeness (QED) is 0.624. The molecular formula is C25H33N3O5. The van der Waals surface area contributed by atoms with E-state index in [-0.39, 0.29) is 23.8 Å². The van der Waals surface area contributed by atoms with Crippen molar-refractivity contribution in [3.63, 3.8) is 0 Å². The van der Waals surface area contributed by atoms with Crippen LogP contribution < -0.4 is 10.1 Å². The lowest BCUT2D eigenvalue weighted by molar-refractivity contribution is -0.126. The van der Waals surface area contributed by atoms with Gasteiger partial charge in [-0.25, -0.2) is 4.79 Å². The molecule has 33 heavy (non-hydrogen) atoms. The lowest BCUT2D eigenvalue weighted by atomic mass is 9.96. The minimum atomic E-state index is -0.472. The summed E-state index contributed by atoms with van der Waals surface area (Å²) < 4.78 is 10.5. The molecule has 0 unspecified atom stereocenters. The number of nitrogens with one attached hydrogen (secondary N) is 2. The van der Waals surface area contributed by atoms with Crippen LogP contribution in [0.4, 0.5) is 0 Å². The molecule has 1 aliphatic heterocycles. The number of hydrogen-bond donors (Lipinski definition) is 2. The highest BCUT2D eigenvalue weighted by Gasteiger charge is 2.31. The molecule has 8 heteroatoms. The average molecular weight is 456 g/mol. The number of aromatic nitrogens is 1. The van der Waals surface area contributed by atoms with Gasteiger partial charge in [0.25, 0.3) is 5.91 Å². The van der Waals surface area contributed by atoms with Crippen LogP contribution in [0.2, 0.25) is 0 Å². The van der Waals surface area contributed by atoms with Crippen molar-refractivity contribution in [3.8, 4) is 5.75 Å². The number of likely N-dealkylation sites (tertiary alicyclic amines) is 1. The van der Waals surface area contributed by atoms with E-state index in [2.05, 4.69) is 10.3 Å². The van der Waals surface area contributed by atoms with Gasteiger partial charge in [-0.05, 0) is 63.8 Å². The molecule has 1 aliphatic rings. The SMILES string of the molecule is COC(=O)c1c(C)[nH]c(C(=O)N2CCC[C@@H](C(=O)NCc3ccc(OC(C)C)cc3)C2)c1C. The van der Waals surface area contributed by atoms with Gasteiger partial charge < -0.3 is 24.7 Å². The van der Waals surface area contributed by atoms with Gasteiger partial charge in [-0.3, -0.25) is 9.59 Å². The van der Waals surface area contributed by atoms with Gasteiger partial charge >= 0.3 is 5.97 Å². The highest BCUT2D eigenvalue weighted by molar-refractivity contribution is 6.00. The number of hydrogen-bond acceptors (Lipinski definition) is 5. The number of piperidine rings is 1. The van der Waals surface area contributed by atoms with Crippen LogP contribution in [-0.4, -0.2) is 54.0 Å². The largest absolute Gasteiger partial charge is 0.491 e. The molecule has 1 saturated heterocycles. The third-order valence-electron chi connectivity index (χ3n) is 5.88. The molecule has 1 fully saturated rings. The summed E-state index contributed by atoms with van der Waals surface area (Å²) in [5.41, 5.74) is 2.91. The Morgan fingerprint density at radius 2 is 1.88 bits per heavy atom. The smallest absolute Gasteiger partial charge is 0.339 e. The first-order valence-corrected chi connectivity index (χ1v) is 11.3. The molecule has 0 saturated carbocycles. The van der Waals surface area contributed by atoms with E-state index in [4.69, 9.17) is 9.47 Å². The maximum absolute atomic E-state index is 13.2. The van der Waals surface area contributed by atoms with Crippen LogP contribution in [0.5, 0.6) is 5.75 Å². The van der Waals surface area contributed by atoms with E-state index in [1.54, 1.807) is 18.7 Å². The number of H-pyrrole nitrogens is 1. The number of carbonyl (C=O) groups is 3. The monoisotopic (exact) mass is 455 g/mol. The number of amides is 2. The minimum Gasteiger partial charge on any atom is -0.491 e. The predicted octanol–water partition coefficient (Wildman–Crippen LogP) is 3.37. The summed E-state index contributed by atoms with van der Waals surface area (Å²) in [5.74, 6) is -0.219. The zero-order valence-corrected chi connectivity index (χ0v) is 20.0. The van der Waals surface area contributed by atoms with Crippen LogP contribution in [0.1, 0.15) is 64.4 Å². The molecule has 1 atom stereocenters. The van der Waals surface area contributed by atoms with Crippen molar-refractivity contribution in [1.82, 2.24) is 15.2 Å². The van der Waals surface area contributed by atoms with Crippen LogP contribution >= 0.6 is 0 Å². The number of methoxy groups -OCH3 is 1. The minimum absolute atomic E-state index is 0.0651. The first kappa shape index (κ1) is 24.4. The van der Waals surface area contributed by atoms with Crippen LogP contribution in [-0.2, 0) is 16.1 Å². The molecule has 2 amide bonds. The van der Waals surface area contributed by atoms with Gasteiger partial charge in [0.1, 0.15) is 11.4 Å². The lowest BCUT2D eigenvalue weighted by Crippen LogP contribution is -2.45. The Hall–Kier alpha value is -3.29. The fourth-order valence-electron chi connectivity index (χ4n) is 4.20. The Bertz CT molecular complexity index is 1010. The third-order valence-corrected chi connectivity index (χ3v) is 5.88. The third kappa shape index (κ3) is 5.74. The van der Waals surface area contributed by atoms with Gasteiger partial charge in [-0.1, -0.05) is 12.1 Å². The summed E-state index contributed by atoms with van der Waals surface area (Å²) in [6.45, 7) is 8.76. The number of rotatable bonds is 7. The van der Waals surface area contributed by atoms with Crippen molar-refractivity contribution in [2.75, 3.05) is 20.2 Å². The number of ether oxygens (including phenoxy) is 2. The highest BCUT2D eigenvalue weighted by atomic mass is 16.5. The van der Waals surface area contributed by atoms with Gasteiger partial charge in [0.2, 0.25) is 5.91 Å². The molecule has 2 N–H and O–H groups in total. The summed E-state index contributed by atoms with van der Waals surface area (Å²) in [4.78, 5) is 42.7. The fraction of sp³-hybridized carbons (Fsp3) is 0.480. The standard InChI is InChI=1S/C25H33N3O5/c1-15(2)33-20-10-8-18(9-11-20)13-26-23(29)19-7-6-12-28(14-19)24(30)22-16(3)21(17(4)27-22)25(31)32-5/h8-11,15,19,27H,6-7,12-14H2,1-5H3,(H,26,29)/t19-/m1/s1.